The van der Waals surface area contributed by atoms with Crippen LogP contribution in [0.4, 0.5) is 10.1 Å². The Morgan fingerprint density at radius 1 is 1.47 bits per heavy atom. The molecule has 2 aromatic rings. The lowest BCUT2D eigenvalue weighted by molar-refractivity contribution is -0.385. The summed E-state index contributed by atoms with van der Waals surface area (Å²) in [6.07, 6.45) is 3.35. The minimum Gasteiger partial charge on any atom is -0.329 e. The zero-order valence-electron chi connectivity index (χ0n) is 8.83. The molecule has 0 radical (unpaired) electrons. The van der Waals surface area contributed by atoms with Gasteiger partial charge in [0.05, 0.1) is 11.0 Å². The summed E-state index contributed by atoms with van der Waals surface area (Å²) in [7, 11) is 1.79. The molecule has 0 saturated heterocycles. The van der Waals surface area contributed by atoms with Crippen LogP contribution in [0.15, 0.2) is 40.6 Å². The largest absolute Gasteiger partial charge is 0.329 e. The van der Waals surface area contributed by atoms with E-state index in [1.54, 1.807) is 24.0 Å². The molecular formula is C10H8FN3O2S. The lowest BCUT2D eigenvalue weighted by Crippen LogP contribution is -1.92. The van der Waals surface area contributed by atoms with Gasteiger partial charge in [0, 0.05) is 30.4 Å². The number of non-ortho nitro benzene ring substituents is 1. The van der Waals surface area contributed by atoms with E-state index in [-0.39, 0.29) is 5.69 Å². The second-order valence-electron chi connectivity index (χ2n) is 3.33. The first-order chi connectivity index (χ1) is 8.06. The predicted molar refractivity (Wildman–Crippen MR) is 60.4 cm³/mol. The molecular weight excluding hydrogens is 245 g/mol. The van der Waals surface area contributed by atoms with Gasteiger partial charge in [0.2, 0.25) is 0 Å². The Bertz CT molecular complexity index is 570. The fourth-order valence-corrected chi connectivity index (χ4v) is 2.15. The monoisotopic (exact) mass is 253 g/mol. The van der Waals surface area contributed by atoms with Gasteiger partial charge in [0.25, 0.3) is 5.69 Å². The minimum absolute atomic E-state index is 0.262. The topological polar surface area (TPSA) is 61.0 Å². The molecule has 0 bridgehead atoms. The van der Waals surface area contributed by atoms with E-state index in [1.807, 2.05) is 0 Å². The number of halogens is 1. The van der Waals surface area contributed by atoms with Crippen molar-refractivity contribution in [2.45, 2.75) is 10.1 Å². The first kappa shape index (κ1) is 11.6. The van der Waals surface area contributed by atoms with Gasteiger partial charge in [0.1, 0.15) is 5.82 Å². The van der Waals surface area contributed by atoms with E-state index < -0.39 is 10.7 Å². The first-order valence-electron chi connectivity index (χ1n) is 4.66. The van der Waals surface area contributed by atoms with Crippen LogP contribution in [0.3, 0.4) is 0 Å². The van der Waals surface area contributed by atoms with Crippen LogP contribution in [-0.4, -0.2) is 14.5 Å². The van der Waals surface area contributed by atoms with E-state index in [0.717, 1.165) is 6.07 Å². The van der Waals surface area contributed by atoms with Gasteiger partial charge in [-0.05, 0) is 6.07 Å². The molecule has 0 spiro atoms. The smallest absolute Gasteiger partial charge is 0.273 e. The Balaban J connectivity index is 2.33. The molecule has 0 atom stereocenters. The normalized spacial score (nSPS) is 10.5. The number of hydrogen-bond acceptors (Lipinski definition) is 4. The van der Waals surface area contributed by atoms with Gasteiger partial charge < -0.3 is 4.57 Å². The summed E-state index contributed by atoms with van der Waals surface area (Å²) < 4.78 is 14.9. The average molecular weight is 253 g/mol. The Labute approximate surface area is 100 Å². The van der Waals surface area contributed by atoms with Crippen LogP contribution in [0.25, 0.3) is 0 Å². The number of imidazole rings is 1. The fraction of sp³-hybridized carbons (Fsp3) is 0.100. The molecule has 5 nitrogen and oxygen atoms in total. The van der Waals surface area contributed by atoms with E-state index in [2.05, 4.69) is 4.98 Å². The van der Waals surface area contributed by atoms with Gasteiger partial charge in [-0.15, -0.1) is 0 Å². The summed E-state index contributed by atoms with van der Waals surface area (Å²) in [6, 6.07) is 3.46. The number of rotatable bonds is 3. The van der Waals surface area contributed by atoms with E-state index in [9.17, 15) is 14.5 Å². The van der Waals surface area contributed by atoms with Crippen LogP contribution in [0.5, 0.6) is 0 Å². The zero-order chi connectivity index (χ0) is 12.4. The lowest BCUT2D eigenvalue weighted by Gasteiger charge is -2.01. The highest BCUT2D eigenvalue weighted by molar-refractivity contribution is 7.99. The van der Waals surface area contributed by atoms with Crippen molar-refractivity contribution < 1.29 is 9.31 Å². The molecule has 0 N–H and O–H groups in total. The summed E-state index contributed by atoms with van der Waals surface area (Å²) in [5, 5.41) is 11.2. The Morgan fingerprint density at radius 3 is 2.82 bits per heavy atom. The average Bonchev–Trinajstić information content (AvgIpc) is 2.63. The second kappa shape index (κ2) is 4.54. The van der Waals surface area contributed by atoms with E-state index in [4.69, 9.17) is 0 Å². The molecule has 0 aliphatic rings. The third-order valence-corrected chi connectivity index (χ3v) is 3.10. The molecule has 0 amide bonds. The standard InChI is InChI=1S/C10H8FN3O2S/c1-13-3-2-12-10(13)17-9-5-7(11)4-8(6-9)14(15)16/h2-6H,1H3. The highest BCUT2D eigenvalue weighted by Crippen LogP contribution is 2.29. The van der Waals surface area contributed by atoms with E-state index in [1.165, 1.54) is 23.9 Å². The molecule has 0 aliphatic heterocycles. The van der Waals surface area contributed by atoms with Crippen molar-refractivity contribution in [3.05, 3.63) is 46.5 Å². The Hall–Kier alpha value is -1.89. The lowest BCUT2D eigenvalue weighted by atomic mass is 10.3. The van der Waals surface area contributed by atoms with E-state index in [0.29, 0.717) is 10.1 Å². The zero-order valence-corrected chi connectivity index (χ0v) is 9.65. The van der Waals surface area contributed by atoms with Crippen LogP contribution in [0.1, 0.15) is 0 Å². The Kier molecular flexibility index (Phi) is 3.10. The summed E-state index contributed by atoms with van der Waals surface area (Å²) in [6.45, 7) is 0. The SMILES string of the molecule is Cn1ccnc1Sc1cc(F)cc([N+](=O)[O-])c1. The quantitative estimate of drug-likeness (QED) is 0.623. The maximum atomic E-state index is 13.2. The molecule has 17 heavy (non-hydrogen) atoms. The van der Waals surface area contributed by atoms with Crippen molar-refractivity contribution in [1.82, 2.24) is 9.55 Å². The van der Waals surface area contributed by atoms with Crippen molar-refractivity contribution in [3.63, 3.8) is 0 Å². The summed E-state index contributed by atoms with van der Waals surface area (Å²) in [5.74, 6) is -0.629. The molecule has 1 aromatic carbocycles. The molecule has 1 heterocycles. The van der Waals surface area contributed by atoms with Crippen LogP contribution in [-0.2, 0) is 7.05 Å². The molecule has 1 aromatic heterocycles. The van der Waals surface area contributed by atoms with Crippen LogP contribution >= 0.6 is 11.8 Å². The Morgan fingerprint density at radius 2 is 2.24 bits per heavy atom. The van der Waals surface area contributed by atoms with Crippen LogP contribution in [0, 0.1) is 15.9 Å². The minimum atomic E-state index is -0.629. The van der Waals surface area contributed by atoms with Crippen molar-refractivity contribution in [1.29, 1.82) is 0 Å². The fourth-order valence-electron chi connectivity index (χ4n) is 1.27. The molecule has 0 fully saturated rings. The maximum Gasteiger partial charge on any atom is 0.273 e. The number of aromatic nitrogens is 2. The van der Waals surface area contributed by atoms with Gasteiger partial charge in [-0.2, -0.15) is 0 Å². The molecule has 88 valence electrons. The first-order valence-corrected chi connectivity index (χ1v) is 5.48. The predicted octanol–water partition coefficient (Wildman–Crippen LogP) is 2.62. The van der Waals surface area contributed by atoms with Crippen molar-refractivity contribution in [2.24, 2.45) is 7.05 Å². The number of hydrogen-bond donors (Lipinski definition) is 0. The molecule has 2 rings (SSSR count). The van der Waals surface area contributed by atoms with Gasteiger partial charge in [-0.1, -0.05) is 11.8 Å². The molecule has 7 heteroatoms. The highest BCUT2D eigenvalue weighted by atomic mass is 32.2. The summed E-state index contributed by atoms with van der Waals surface area (Å²) >= 11 is 1.17. The van der Waals surface area contributed by atoms with Gasteiger partial charge in [0.15, 0.2) is 5.16 Å². The number of nitrogens with zero attached hydrogens (tertiary/aromatic N) is 3. The van der Waals surface area contributed by atoms with Crippen molar-refractivity contribution in [3.8, 4) is 0 Å². The van der Waals surface area contributed by atoms with E-state index >= 15 is 0 Å². The van der Waals surface area contributed by atoms with Crippen molar-refractivity contribution in [2.75, 3.05) is 0 Å². The number of nitro groups is 1. The molecule has 0 aliphatic carbocycles. The van der Waals surface area contributed by atoms with Crippen LogP contribution in [0.2, 0.25) is 0 Å². The number of aryl methyl sites for hydroxylation is 1. The number of nitro benzene ring substituents is 1. The summed E-state index contributed by atoms with van der Waals surface area (Å²) in [4.78, 5) is 14.5. The third kappa shape index (κ3) is 2.62. The van der Waals surface area contributed by atoms with Gasteiger partial charge in [-0.3, -0.25) is 10.1 Å². The van der Waals surface area contributed by atoms with Crippen molar-refractivity contribution >= 4 is 17.4 Å². The van der Waals surface area contributed by atoms with Gasteiger partial charge >= 0.3 is 0 Å². The number of benzene rings is 1. The van der Waals surface area contributed by atoms with Gasteiger partial charge in [-0.25, -0.2) is 9.37 Å². The third-order valence-electron chi connectivity index (χ3n) is 2.05. The second-order valence-corrected chi connectivity index (χ2v) is 4.37. The maximum absolute atomic E-state index is 13.2. The highest BCUT2D eigenvalue weighted by Gasteiger charge is 2.11. The van der Waals surface area contributed by atoms with Crippen LogP contribution < -0.4 is 0 Å². The molecule has 0 saturated carbocycles. The molecule has 0 unspecified atom stereocenters. The summed E-state index contributed by atoms with van der Waals surface area (Å²) in [5.41, 5.74) is -0.262.